The fourth-order valence-electron chi connectivity index (χ4n) is 5.29. The van der Waals surface area contributed by atoms with Crippen molar-refractivity contribution in [3.05, 3.63) is 84.0 Å². The summed E-state index contributed by atoms with van der Waals surface area (Å²) < 4.78 is 0. The van der Waals surface area contributed by atoms with Crippen molar-refractivity contribution in [1.29, 1.82) is 0 Å². The number of para-hydroxylation sites is 1. The number of fused-ring (bicyclic) bond motifs is 2. The molecule has 0 aromatic heterocycles. The first-order valence-corrected chi connectivity index (χ1v) is 10.9. The van der Waals surface area contributed by atoms with Gasteiger partial charge in [-0.1, -0.05) is 66.8 Å². The zero-order valence-corrected chi connectivity index (χ0v) is 17.4. The average Bonchev–Trinajstić information content (AvgIpc) is 3.04. The van der Waals surface area contributed by atoms with Gasteiger partial charge < -0.3 is 10.0 Å². The smallest absolute Gasteiger partial charge is 0.317 e. The van der Waals surface area contributed by atoms with Crippen molar-refractivity contribution in [1.82, 2.24) is 4.90 Å². The molecule has 2 aliphatic heterocycles. The topological polar surface area (TPSA) is 60.9 Å². The molecule has 31 heavy (non-hydrogen) atoms. The largest absolute Gasteiger partial charge is 0.480 e. The molecule has 1 aliphatic carbocycles. The van der Waals surface area contributed by atoms with E-state index in [1.54, 1.807) is 0 Å². The summed E-state index contributed by atoms with van der Waals surface area (Å²) in [6, 6.07) is 18.4. The van der Waals surface area contributed by atoms with Crippen LogP contribution in [0.4, 0.5) is 5.69 Å². The number of carboxylic acids is 1. The summed E-state index contributed by atoms with van der Waals surface area (Å²) in [5.41, 5.74) is 3.94. The van der Waals surface area contributed by atoms with Crippen molar-refractivity contribution in [2.24, 2.45) is 0 Å². The van der Waals surface area contributed by atoms with Crippen molar-refractivity contribution in [2.45, 2.75) is 30.7 Å². The number of allylic oxidation sites excluding steroid dienone is 2. The third kappa shape index (κ3) is 3.39. The third-order valence-electron chi connectivity index (χ3n) is 6.89. The lowest BCUT2D eigenvalue weighted by Crippen LogP contribution is -2.51. The van der Waals surface area contributed by atoms with E-state index >= 15 is 0 Å². The van der Waals surface area contributed by atoms with E-state index in [9.17, 15) is 9.59 Å². The number of benzene rings is 2. The van der Waals surface area contributed by atoms with E-state index in [1.807, 2.05) is 40.1 Å². The van der Waals surface area contributed by atoms with Crippen LogP contribution in [0.2, 0.25) is 0 Å². The molecule has 2 heterocycles. The first-order chi connectivity index (χ1) is 15.1. The number of hydrogen-bond acceptors (Lipinski definition) is 3. The van der Waals surface area contributed by atoms with Gasteiger partial charge >= 0.3 is 5.97 Å². The number of rotatable bonds is 4. The van der Waals surface area contributed by atoms with Gasteiger partial charge in [-0.15, -0.1) is 0 Å². The Balaban J connectivity index is 1.40. The van der Waals surface area contributed by atoms with E-state index < -0.39 is 11.4 Å². The van der Waals surface area contributed by atoms with Crippen LogP contribution in [-0.4, -0.2) is 47.6 Å². The van der Waals surface area contributed by atoms with Crippen LogP contribution in [0, 0.1) is 0 Å². The lowest BCUT2D eigenvalue weighted by atomic mass is 9.73. The maximum Gasteiger partial charge on any atom is 0.317 e. The zero-order chi connectivity index (χ0) is 21.4. The number of likely N-dealkylation sites (tertiary alicyclic amines) is 1. The summed E-state index contributed by atoms with van der Waals surface area (Å²) in [6.45, 7) is 1.28. The third-order valence-corrected chi connectivity index (χ3v) is 6.89. The molecular formula is C26H26N2O3. The van der Waals surface area contributed by atoms with Gasteiger partial charge in [0.05, 0.1) is 18.0 Å². The molecule has 1 N–H and O–H groups in total. The SMILES string of the molecule is O=C(O)CN1CCC2(CC1)C(=O)N(C1C=CC(c3ccccc3)=CC1)c1ccccc12. The Bertz CT molecular complexity index is 1070. The second-order valence-electron chi connectivity index (χ2n) is 8.63. The van der Waals surface area contributed by atoms with Crippen molar-refractivity contribution < 1.29 is 14.7 Å². The summed E-state index contributed by atoms with van der Waals surface area (Å²) in [4.78, 5) is 28.9. The fourth-order valence-corrected chi connectivity index (χ4v) is 5.29. The zero-order valence-electron chi connectivity index (χ0n) is 17.4. The lowest BCUT2D eigenvalue weighted by molar-refractivity contribution is -0.138. The van der Waals surface area contributed by atoms with Crippen molar-refractivity contribution >= 4 is 23.1 Å². The van der Waals surface area contributed by atoms with Crippen LogP contribution in [0.3, 0.4) is 0 Å². The average molecular weight is 415 g/mol. The van der Waals surface area contributed by atoms with E-state index in [1.165, 1.54) is 11.1 Å². The van der Waals surface area contributed by atoms with E-state index in [0.717, 1.165) is 17.7 Å². The van der Waals surface area contributed by atoms with Gasteiger partial charge in [0.15, 0.2) is 0 Å². The van der Waals surface area contributed by atoms with Crippen molar-refractivity contribution in [3.63, 3.8) is 0 Å². The van der Waals surface area contributed by atoms with Gasteiger partial charge in [0.2, 0.25) is 5.91 Å². The van der Waals surface area contributed by atoms with Crippen LogP contribution in [0.5, 0.6) is 0 Å². The Kier molecular flexibility index (Phi) is 4.98. The summed E-state index contributed by atoms with van der Waals surface area (Å²) in [6.07, 6.45) is 8.59. The van der Waals surface area contributed by atoms with Crippen LogP contribution in [0.25, 0.3) is 5.57 Å². The van der Waals surface area contributed by atoms with Gasteiger partial charge in [-0.2, -0.15) is 0 Å². The molecule has 1 unspecified atom stereocenters. The maximum atomic E-state index is 13.9. The minimum Gasteiger partial charge on any atom is -0.480 e. The molecule has 2 aromatic carbocycles. The van der Waals surface area contributed by atoms with Gasteiger partial charge in [0.25, 0.3) is 0 Å². The molecule has 5 heteroatoms. The maximum absolute atomic E-state index is 13.9. The normalized spacial score (nSPS) is 22.5. The predicted molar refractivity (Wildman–Crippen MR) is 121 cm³/mol. The molecule has 2 aromatic rings. The number of carbonyl (C=O) groups excluding carboxylic acids is 1. The quantitative estimate of drug-likeness (QED) is 0.825. The summed E-state index contributed by atoms with van der Waals surface area (Å²) in [5, 5.41) is 9.12. The van der Waals surface area contributed by atoms with Gasteiger partial charge in [-0.3, -0.25) is 14.5 Å². The number of carboxylic acid groups (broad SMARTS) is 1. The number of amides is 1. The molecule has 5 nitrogen and oxygen atoms in total. The highest BCUT2D eigenvalue weighted by Crippen LogP contribution is 2.49. The van der Waals surface area contributed by atoms with Crippen molar-refractivity contribution in [2.75, 3.05) is 24.5 Å². The lowest BCUT2D eigenvalue weighted by Gasteiger charge is -2.38. The molecule has 1 spiro atoms. The number of anilines is 1. The second kappa shape index (κ2) is 7.82. The number of hydrogen-bond donors (Lipinski definition) is 1. The van der Waals surface area contributed by atoms with E-state index in [4.69, 9.17) is 5.11 Å². The summed E-state index contributed by atoms with van der Waals surface area (Å²) in [5.74, 6) is -0.654. The Morgan fingerprint density at radius 1 is 1.03 bits per heavy atom. The molecule has 1 fully saturated rings. The summed E-state index contributed by atoms with van der Waals surface area (Å²) >= 11 is 0. The predicted octanol–water partition coefficient (Wildman–Crippen LogP) is 3.86. The number of aliphatic carboxylic acids is 1. The van der Waals surface area contributed by atoms with E-state index in [2.05, 4.69) is 42.5 Å². The van der Waals surface area contributed by atoms with Gasteiger partial charge in [-0.05, 0) is 42.0 Å². The first-order valence-electron chi connectivity index (χ1n) is 10.9. The molecule has 1 atom stereocenters. The van der Waals surface area contributed by atoms with Gasteiger partial charge in [-0.25, -0.2) is 0 Å². The molecule has 1 amide bonds. The standard InChI is InChI=1S/C26H26N2O3/c29-24(30)18-27-16-14-26(15-17-27)22-8-4-5-9-23(22)28(25(26)31)21-12-10-20(11-13-21)19-6-2-1-3-7-19/h1-12,21H,13-18H2,(H,29,30). The van der Waals surface area contributed by atoms with Gasteiger partial charge in [0.1, 0.15) is 0 Å². The van der Waals surface area contributed by atoms with E-state index in [0.29, 0.717) is 25.9 Å². The van der Waals surface area contributed by atoms with Crippen LogP contribution >= 0.6 is 0 Å². The van der Waals surface area contributed by atoms with Crippen LogP contribution in [0.15, 0.2) is 72.8 Å². The van der Waals surface area contributed by atoms with Crippen LogP contribution in [0.1, 0.15) is 30.4 Å². The number of nitrogens with zero attached hydrogens (tertiary/aromatic N) is 2. The minimum atomic E-state index is -0.816. The Morgan fingerprint density at radius 2 is 1.74 bits per heavy atom. The highest BCUT2D eigenvalue weighted by Gasteiger charge is 2.53. The van der Waals surface area contributed by atoms with Crippen molar-refractivity contribution in [3.8, 4) is 0 Å². The molecule has 0 bridgehead atoms. The monoisotopic (exact) mass is 414 g/mol. The molecule has 3 aliphatic rings. The number of carbonyl (C=O) groups is 2. The Morgan fingerprint density at radius 3 is 2.42 bits per heavy atom. The van der Waals surface area contributed by atoms with Crippen LogP contribution in [-0.2, 0) is 15.0 Å². The van der Waals surface area contributed by atoms with Gasteiger partial charge in [0, 0.05) is 18.8 Å². The second-order valence-corrected chi connectivity index (χ2v) is 8.63. The molecule has 1 saturated heterocycles. The minimum absolute atomic E-state index is 0.00228. The Hall–Kier alpha value is -3.18. The first kappa shape index (κ1) is 19.8. The molecule has 0 radical (unpaired) electrons. The Labute approximate surface area is 182 Å². The molecule has 0 saturated carbocycles. The molecular weight excluding hydrogens is 388 g/mol. The highest BCUT2D eigenvalue weighted by molar-refractivity contribution is 6.09. The highest BCUT2D eigenvalue weighted by atomic mass is 16.4. The van der Waals surface area contributed by atoms with Crippen LogP contribution < -0.4 is 4.90 Å². The summed E-state index contributed by atoms with van der Waals surface area (Å²) in [7, 11) is 0. The van der Waals surface area contributed by atoms with E-state index in [-0.39, 0.29) is 18.5 Å². The molecule has 5 rings (SSSR count). The molecule has 158 valence electrons. The fraction of sp³-hybridized carbons (Fsp3) is 0.308. The number of piperidine rings is 1.